The minimum absolute atomic E-state index is 0.0168. The summed E-state index contributed by atoms with van der Waals surface area (Å²) in [6, 6.07) is 9.60. The second-order valence-corrected chi connectivity index (χ2v) is 6.96. The molecule has 1 aromatic heterocycles. The van der Waals surface area contributed by atoms with Crippen LogP contribution in [0.2, 0.25) is 0 Å². The summed E-state index contributed by atoms with van der Waals surface area (Å²) in [6.45, 7) is 4.99. The van der Waals surface area contributed by atoms with Crippen molar-refractivity contribution in [2.75, 3.05) is 13.2 Å². The van der Waals surface area contributed by atoms with Crippen LogP contribution in [0.25, 0.3) is 0 Å². The lowest BCUT2D eigenvalue weighted by molar-refractivity contribution is -0.0487. The Hall–Kier alpha value is -2.18. The van der Waals surface area contributed by atoms with Gasteiger partial charge in [0.25, 0.3) is 5.91 Å². The maximum Gasteiger partial charge on any atom is 0.264 e. The first-order valence-electron chi connectivity index (χ1n) is 7.84. The van der Waals surface area contributed by atoms with Crippen molar-refractivity contribution in [3.05, 3.63) is 57.3 Å². The summed E-state index contributed by atoms with van der Waals surface area (Å²) < 4.78 is 5.95. The number of hydrogen-bond donors (Lipinski definition) is 1. The molecule has 2 atom stereocenters. The minimum atomic E-state index is -0.516. The lowest BCUT2D eigenvalue weighted by Crippen LogP contribution is -2.48. The first kappa shape index (κ1) is 16.7. The number of carbonyl (C=O) groups is 2. The molecule has 2 heterocycles. The number of nitrogens with two attached hydrogens (primary N) is 1. The number of rotatable bonds is 3. The zero-order valence-corrected chi connectivity index (χ0v) is 14.5. The van der Waals surface area contributed by atoms with Crippen molar-refractivity contribution in [3.8, 4) is 0 Å². The Morgan fingerprint density at radius 1 is 1.33 bits per heavy atom. The van der Waals surface area contributed by atoms with Crippen molar-refractivity contribution in [2.24, 2.45) is 5.73 Å². The molecule has 0 radical (unpaired) electrons. The topological polar surface area (TPSA) is 72.6 Å². The van der Waals surface area contributed by atoms with Crippen molar-refractivity contribution in [2.45, 2.75) is 26.0 Å². The molecule has 0 spiro atoms. The van der Waals surface area contributed by atoms with Gasteiger partial charge in [-0.1, -0.05) is 24.3 Å². The van der Waals surface area contributed by atoms with E-state index in [9.17, 15) is 9.59 Å². The van der Waals surface area contributed by atoms with E-state index in [2.05, 4.69) is 0 Å². The van der Waals surface area contributed by atoms with Crippen molar-refractivity contribution >= 4 is 23.2 Å². The highest BCUT2D eigenvalue weighted by Crippen LogP contribution is 2.29. The molecule has 1 fully saturated rings. The van der Waals surface area contributed by atoms with Crippen LogP contribution >= 0.6 is 11.3 Å². The minimum Gasteiger partial charge on any atom is -0.370 e. The third-order valence-corrected chi connectivity index (χ3v) is 5.24. The number of nitrogens with zero attached hydrogens (tertiary/aromatic N) is 1. The lowest BCUT2D eigenvalue weighted by Gasteiger charge is -2.38. The predicted molar refractivity (Wildman–Crippen MR) is 93.2 cm³/mol. The van der Waals surface area contributed by atoms with E-state index in [0.29, 0.717) is 23.6 Å². The summed E-state index contributed by atoms with van der Waals surface area (Å²) in [5, 5.41) is 1.62. The van der Waals surface area contributed by atoms with E-state index in [1.165, 1.54) is 11.3 Å². The Kier molecular flexibility index (Phi) is 4.69. The quantitative estimate of drug-likeness (QED) is 0.930. The van der Waals surface area contributed by atoms with Crippen LogP contribution in [0, 0.1) is 6.92 Å². The van der Waals surface area contributed by atoms with Gasteiger partial charge < -0.3 is 15.4 Å². The second-order valence-electron chi connectivity index (χ2n) is 6.05. The number of amides is 2. The zero-order chi connectivity index (χ0) is 17.3. The molecule has 0 aliphatic carbocycles. The van der Waals surface area contributed by atoms with Crippen LogP contribution in [0.5, 0.6) is 0 Å². The van der Waals surface area contributed by atoms with Crippen molar-refractivity contribution < 1.29 is 14.3 Å². The Labute approximate surface area is 145 Å². The highest BCUT2D eigenvalue weighted by atomic mass is 32.1. The van der Waals surface area contributed by atoms with E-state index in [1.54, 1.807) is 11.4 Å². The number of hydrogen-bond acceptors (Lipinski definition) is 4. The Balaban J connectivity index is 1.82. The van der Waals surface area contributed by atoms with E-state index in [-0.39, 0.29) is 18.1 Å². The van der Waals surface area contributed by atoms with Crippen LogP contribution < -0.4 is 5.73 Å². The smallest absolute Gasteiger partial charge is 0.264 e. The molecular formula is C18H20N2O3S. The van der Waals surface area contributed by atoms with Gasteiger partial charge in [0.2, 0.25) is 5.91 Å². The van der Waals surface area contributed by atoms with Gasteiger partial charge in [-0.25, -0.2) is 0 Å². The van der Waals surface area contributed by atoms with Gasteiger partial charge in [-0.3, -0.25) is 9.59 Å². The fourth-order valence-corrected chi connectivity index (χ4v) is 3.75. The number of ether oxygens (including phenoxy) is 1. The van der Waals surface area contributed by atoms with Gasteiger partial charge in [-0.2, -0.15) is 0 Å². The number of benzene rings is 1. The third-order valence-electron chi connectivity index (χ3n) is 4.32. The number of morpholine rings is 1. The molecule has 1 aliphatic heterocycles. The molecule has 2 aromatic rings. The molecule has 2 N–H and O–H groups in total. The van der Waals surface area contributed by atoms with Gasteiger partial charge in [0.15, 0.2) is 0 Å². The summed E-state index contributed by atoms with van der Waals surface area (Å²) in [6.07, 6.45) is -0.137. The van der Waals surface area contributed by atoms with E-state index in [1.807, 2.05) is 43.0 Å². The molecular weight excluding hydrogens is 324 g/mol. The molecule has 24 heavy (non-hydrogen) atoms. The summed E-state index contributed by atoms with van der Waals surface area (Å²) in [7, 11) is 0. The van der Waals surface area contributed by atoms with Gasteiger partial charge in [0.1, 0.15) is 6.10 Å². The standard InChI is InChI=1S/C18H20N2O3S/c1-11-5-3-4-6-14(11)15-8-20(12(2)9-23-15)18(22)16-7-13(10-24-16)17(19)21/h3-7,10,12,15H,8-9H2,1-2H3,(H2,19,21)/t12-,15+/m0/s1. The average Bonchev–Trinajstić information content (AvgIpc) is 3.06. The van der Waals surface area contributed by atoms with E-state index in [4.69, 9.17) is 10.5 Å². The zero-order valence-electron chi connectivity index (χ0n) is 13.7. The van der Waals surface area contributed by atoms with Crippen LogP contribution in [0.3, 0.4) is 0 Å². The molecule has 0 bridgehead atoms. The lowest BCUT2D eigenvalue weighted by atomic mass is 10.0. The molecule has 5 nitrogen and oxygen atoms in total. The van der Waals surface area contributed by atoms with Gasteiger partial charge in [0.05, 0.1) is 29.6 Å². The number of carbonyl (C=O) groups excluding carboxylic acids is 2. The maximum atomic E-state index is 12.8. The number of aryl methyl sites for hydroxylation is 1. The number of thiophene rings is 1. The Bertz CT molecular complexity index is 771. The molecule has 6 heteroatoms. The van der Waals surface area contributed by atoms with Gasteiger partial charge >= 0.3 is 0 Å². The summed E-state index contributed by atoms with van der Waals surface area (Å²) in [4.78, 5) is 26.4. The molecule has 3 rings (SSSR count). The summed E-state index contributed by atoms with van der Waals surface area (Å²) in [5.41, 5.74) is 7.90. The van der Waals surface area contributed by atoms with Crippen LogP contribution in [-0.2, 0) is 4.74 Å². The molecule has 0 unspecified atom stereocenters. The highest BCUT2D eigenvalue weighted by Gasteiger charge is 2.32. The highest BCUT2D eigenvalue weighted by molar-refractivity contribution is 7.12. The van der Waals surface area contributed by atoms with Crippen LogP contribution in [-0.4, -0.2) is 35.9 Å². The molecule has 0 saturated carbocycles. The fraction of sp³-hybridized carbons (Fsp3) is 0.333. The number of primary amides is 1. The monoisotopic (exact) mass is 344 g/mol. The third kappa shape index (κ3) is 3.20. The van der Waals surface area contributed by atoms with Gasteiger partial charge in [-0.05, 0) is 31.0 Å². The molecule has 1 saturated heterocycles. The Morgan fingerprint density at radius 2 is 2.08 bits per heavy atom. The second kappa shape index (κ2) is 6.75. The predicted octanol–water partition coefficient (Wildman–Crippen LogP) is 2.76. The molecule has 1 aromatic carbocycles. The van der Waals surface area contributed by atoms with E-state index in [0.717, 1.165) is 11.1 Å². The maximum absolute atomic E-state index is 12.8. The average molecular weight is 344 g/mol. The molecule has 1 aliphatic rings. The normalized spacial score (nSPS) is 20.8. The first-order valence-corrected chi connectivity index (χ1v) is 8.71. The van der Waals surface area contributed by atoms with Gasteiger partial charge in [0, 0.05) is 5.38 Å². The van der Waals surface area contributed by atoms with Crippen molar-refractivity contribution in [1.29, 1.82) is 0 Å². The summed E-state index contributed by atoms with van der Waals surface area (Å²) >= 11 is 1.25. The fourth-order valence-electron chi connectivity index (χ4n) is 2.90. The van der Waals surface area contributed by atoms with Gasteiger partial charge in [-0.15, -0.1) is 11.3 Å². The van der Waals surface area contributed by atoms with E-state index < -0.39 is 5.91 Å². The SMILES string of the molecule is Cc1ccccc1[C@H]1CN(C(=O)c2cc(C(N)=O)cs2)[C@@H](C)CO1. The van der Waals surface area contributed by atoms with Crippen molar-refractivity contribution in [3.63, 3.8) is 0 Å². The first-order chi connectivity index (χ1) is 11.5. The van der Waals surface area contributed by atoms with Crippen LogP contribution in [0.4, 0.5) is 0 Å². The molecule has 126 valence electrons. The largest absolute Gasteiger partial charge is 0.370 e. The molecule has 2 amide bonds. The van der Waals surface area contributed by atoms with Crippen LogP contribution in [0.15, 0.2) is 35.7 Å². The Morgan fingerprint density at radius 3 is 2.75 bits per heavy atom. The van der Waals surface area contributed by atoms with Crippen molar-refractivity contribution in [1.82, 2.24) is 4.90 Å². The summed E-state index contributed by atoms with van der Waals surface area (Å²) in [5.74, 6) is -0.597. The van der Waals surface area contributed by atoms with Crippen LogP contribution in [0.1, 0.15) is 44.2 Å². The van der Waals surface area contributed by atoms with E-state index >= 15 is 0 Å².